The second-order valence-electron chi connectivity index (χ2n) is 5.61. The predicted octanol–water partition coefficient (Wildman–Crippen LogP) is 4.12. The van der Waals surface area contributed by atoms with Gasteiger partial charge in [0.15, 0.2) is 0 Å². The van der Waals surface area contributed by atoms with Crippen LogP contribution < -0.4 is 4.74 Å². The number of nitrogens with zero attached hydrogens (tertiary/aromatic N) is 1. The zero-order valence-corrected chi connectivity index (χ0v) is 13.2. The Labute approximate surface area is 128 Å². The van der Waals surface area contributed by atoms with Crippen molar-refractivity contribution in [3.63, 3.8) is 0 Å². The number of halogens is 2. The summed E-state index contributed by atoms with van der Waals surface area (Å²) >= 11 is 12.1. The van der Waals surface area contributed by atoms with Crippen molar-refractivity contribution in [3.05, 3.63) is 27.7 Å². The summed E-state index contributed by atoms with van der Waals surface area (Å²) in [5, 5.41) is 1.00. The van der Waals surface area contributed by atoms with Crippen LogP contribution in [0.3, 0.4) is 0 Å². The third kappa shape index (κ3) is 3.70. The predicted molar refractivity (Wildman–Crippen MR) is 78.6 cm³/mol. The average Bonchev–Trinajstić information content (AvgIpc) is 2.49. The molecule has 0 radical (unpaired) electrons. The van der Waals surface area contributed by atoms with Crippen LogP contribution in [0.5, 0.6) is 5.75 Å². The lowest BCUT2D eigenvalue weighted by atomic mass is 10.2. The molecule has 0 saturated carbocycles. The maximum atomic E-state index is 12.1. The molecule has 0 spiro atoms. The highest BCUT2D eigenvalue weighted by Crippen LogP contribution is 2.33. The van der Waals surface area contributed by atoms with E-state index in [1.54, 1.807) is 17.0 Å². The SMILES string of the molecule is CC(C)(C)OC(=O)N1CCOc2cc(Cl)cc(Cl)c2C1. The van der Waals surface area contributed by atoms with E-state index in [4.69, 9.17) is 32.7 Å². The molecule has 0 N–H and O–H groups in total. The van der Waals surface area contributed by atoms with Gasteiger partial charge in [-0.05, 0) is 32.9 Å². The Morgan fingerprint density at radius 2 is 2.05 bits per heavy atom. The standard InChI is InChI=1S/C14H17Cl2NO3/c1-14(2,3)20-13(18)17-4-5-19-12-7-9(15)6-11(16)10(12)8-17/h6-7H,4-5,8H2,1-3H3. The second kappa shape index (κ2) is 5.70. The number of hydrogen-bond acceptors (Lipinski definition) is 3. The summed E-state index contributed by atoms with van der Waals surface area (Å²) in [5.74, 6) is 0.619. The maximum Gasteiger partial charge on any atom is 0.410 e. The summed E-state index contributed by atoms with van der Waals surface area (Å²) < 4.78 is 11.0. The van der Waals surface area contributed by atoms with Crippen molar-refractivity contribution in [1.29, 1.82) is 0 Å². The van der Waals surface area contributed by atoms with E-state index in [1.807, 2.05) is 20.8 Å². The molecule has 0 aromatic heterocycles. The fourth-order valence-corrected chi connectivity index (χ4v) is 2.41. The van der Waals surface area contributed by atoms with E-state index in [0.717, 1.165) is 5.56 Å². The van der Waals surface area contributed by atoms with E-state index in [9.17, 15) is 4.79 Å². The molecule has 1 aliphatic rings. The summed E-state index contributed by atoms with van der Waals surface area (Å²) in [6, 6.07) is 3.35. The lowest BCUT2D eigenvalue weighted by Gasteiger charge is -2.26. The van der Waals surface area contributed by atoms with Gasteiger partial charge in [0.2, 0.25) is 0 Å². The van der Waals surface area contributed by atoms with Gasteiger partial charge in [0.25, 0.3) is 0 Å². The Bertz CT molecular complexity index is 526. The third-order valence-corrected chi connectivity index (χ3v) is 3.29. The average molecular weight is 318 g/mol. The van der Waals surface area contributed by atoms with Crippen molar-refractivity contribution in [3.8, 4) is 5.75 Å². The van der Waals surface area contributed by atoms with Crippen molar-refractivity contribution in [1.82, 2.24) is 4.90 Å². The molecule has 0 bridgehead atoms. The molecule has 0 unspecified atom stereocenters. The normalized spacial score (nSPS) is 15.2. The molecule has 1 aromatic rings. The fourth-order valence-electron chi connectivity index (χ4n) is 1.88. The zero-order chi connectivity index (χ0) is 14.9. The van der Waals surface area contributed by atoms with Crippen molar-refractivity contribution in [2.75, 3.05) is 13.2 Å². The van der Waals surface area contributed by atoms with Gasteiger partial charge in [-0.3, -0.25) is 0 Å². The minimum absolute atomic E-state index is 0.347. The maximum absolute atomic E-state index is 12.1. The van der Waals surface area contributed by atoms with Crippen LogP contribution in [0.4, 0.5) is 4.79 Å². The van der Waals surface area contributed by atoms with Gasteiger partial charge in [0.05, 0.1) is 18.1 Å². The Morgan fingerprint density at radius 1 is 1.35 bits per heavy atom. The summed E-state index contributed by atoms with van der Waals surface area (Å²) in [4.78, 5) is 13.7. The van der Waals surface area contributed by atoms with Gasteiger partial charge in [0.1, 0.15) is 18.0 Å². The smallest absolute Gasteiger partial charge is 0.410 e. The molecule has 20 heavy (non-hydrogen) atoms. The van der Waals surface area contributed by atoms with E-state index in [2.05, 4.69) is 0 Å². The first-order valence-electron chi connectivity index (χ1n) is 6.35. The van der Waals surface area contributed by atoms with Crippen LogP contribution in [0.1, 0.15) is 26.3 Å². The minimum atomic E-state index is -0.531. The first kappa shape index (κ1) is 15.3. The summed E-state index contributed by atoms with van der Waals surface area (Å²) in [6.45, 7) is 6.67. The lowest BCUT2D eigenvalue weighted by molar-refractivity contribution is 0.0225. The van der Waals surface area contributed by atoms with Crippen LogP contribution in [0.15, 0.2) is 12.1 Å². The van der Waals surface area contributed by atoms with Crippen molar-refractivity contribution >= 4 is 29.3 Å². The first-order chi connectivity index (χ1) is 9.26. The van der Waals surface area contributed by atoms with E-state index in [-0.39, 0.29) is 6.09 Å². The van der Waals surface area contributed by atoms with Crippen LogP contribution in [-0.2, 0) is 11.3 Å². The number of benzene rings is 1. The number of hydrogen-bond donors (Lipinski definition) is 0. The van der Waals surface area contributed by atoms with Crippen LogP contribution >= 0.6 is 23.2 Å². The monoisotopic (exact) mass is 317 g/mol. The van der Waals surface area contributed by atoms with Crippen molar-refractivity contribution in [2.24, 2.45) is 0 Å². The number of carbonyl (C=O) groups excluding carboxylic acids is 1. The summed E-state index contributed by atoms with van der Waals surface area (Å²) in [6.07, 6.45) is -0.375. The van der Waals surface area contributed by atoms with E-state index in [0.29, 0.717) is 35.5 Å². The Morgan fingerprint density at radius 3 is 2.70 bits per heavy atom. The van der Waals surface area contributed by atoms with Gasteiger partial charge in [-0.2, -0.15) is 0 Å². The highest BCUT2D eigenvalue weighted by molar-refractivity contribution is 6.35. The van der Waals surface area contributed by atoms with Gasteiger partial charge in [-0.15, -0.1) is 0 Å². The molecule has 0 aliphatic carbocycles. The van der Waals surface area contributed by atoms with Crippen LogP contribution in [-0.4, -0.2) is 29.7 Å². The molecular weight excluding hydrogens is 301 g/mol. The van der Waals surface area contributed by atoms with E-state index >= 15 is 0 Å². The molecular formula is C14H17Cl2NO3. The van der Waals surface area contributed by atoms with Gasteiger partial charge in [-0.1, -0.05) is 23.2 Å². The largest absolute Gasteiger partial charge is 0.491 e. The molecule has 1 aromatic carbocycles. The highest BCUT2D eigenvalue weighted by atomic mass is 35.5. The summed E-state index contributed by atoms with van der Waals surface area (Å²) in [7, 11) is 0. The number of rotatable bonds is 0. The fraction of sp³-hybridized carbons (Fsp3) is 0.500. The van der Waals surface area contributed by atoms with Gasteiger partial charge >= 0.3 is 6.09 Å². The number of ether oxygens (including phenoxy) is 2. The highest BCUT2D eigenvalue weighted by Gasteiger charge is 2.26. The quantitative estimate of drug-likeness (QED) is 0.722. The second-order valence-corrected chi connectivity index (χ2v) is 6.46. The third-order valence-electron chi connectivity index (χ3n) is 2.74. The molecule has 1 amide bonds. The molecule has 0 fully saturated rings. The Kier molecular flexibility index (Phi) is 4.35. The molecule has 6 heteroatoms. The molecule has 110 valence electrons. The first-order valence-corrected chi connectivity index (χ1v) is 7.10. The number of amides is 1. The topological polar surface area (TPSA) is 38.8 Å². The number of carbonyl (C=O) groups is 1. The Hall–Kier alpha value is -1.13. The van der Waals surface area contributed by atoms with Crippen molar-refractivity contribution < 1.29 is 14.3 Å². The van der Waals surface area contributed by atoms with Gasteiger partial charge in [-0.25, -0.2) is 4.79 Å². The van der Waals surface area contributed by atoms with Crippen molar-refractivity contribution in [2.45, 2.75) is 32.9 Å². The van der Waals surface area contributed by atoms with Crippen LogP contribution in [0, 0.1) is 0 Å². The van der Waals surface area contributed by atoms with Crippen LogP contribution in [0.25, 0.3) is 0 Å². The molecule has 0 atom stereocenters. The number of fused-ring (bicyclic) bond motifs is 1. The van der Waals surface area contributed by atoms with E-state index in [1.165, 1.54) is 0 Å². The van der Waals surface area contributed by atoms with Gasteiger partial charge < -0.3 is 14.4 Å². The summed E-state index contributed by atoms with van der Waals surface area (Å²) in [5.41, 5.74) is 0.219. The molecule has 2 rings (SSSR count). The molecule has 0 saturated heterocycles. The molecule has 4 nitrogen and oxygen atoms in total. The van der Waals surface area contributed by atoms with Crippen LogP contribution in [0.2, 0.25) is 10.0 Å². The van der Waals surface area contributed by atoms with E-state index < -0.39 is 5.60 Å². The van der Waals surface area contributed by atoms with Gasteiger partial charge in [0, 0.05) is 10.6 Å². The minimum Gasteiger partial charge on any atom is -0.491 e. The zero-order valence-electron chi connectivity index (χ0n) is 11.7. The molecule has 1 aliphatic heterocycles. The Balaban J connectivity index is 2.22. The lowest BCUT2D eigenvalue weighted by Crippen LogP contribution is -2.37. The molecule has 1 heterocycles.